The Morgan fingerprint density at radius 3 is 2.42 bits per heavy atom. The molecule has 10 heteroatoms. The molecular weight excluding hydrogens is 386 g/mol. The Bertz CT molecular complexity index is 655. The zero-order chi connectivity index (χ0) is 18.3. The van der Waals surface area contributed by atoms with Crippen LogP contribution in [0.1, 0.15) is 45.4 Å². The van der Waals surface area contributed by atoms with Gasteiger partial charge in [0.1, 0.15) is 10.2 Å². The molecule has 0 bridgehead atoms. The van der Waals surface area contributed by atoms with E-state index in [1.54, 1.807) is 27.7 Å². The van der Waals surface area contributed by atoms with Crippen LogP contribution in [-0.4, -0.2) is 26.3 Å². The van der Waals surface area contributed by atoms with Gasteiger partial charge in [0.05, 0.1) is 11.4 Å². The van der Waals surface area contributed by atoms with Crippen molar-refractivity contribution in [3.05, 3.63) is 16.4 Å². The molecule has 1 aromatic heterocycles. The van der Waals surface area contributed by atoms with Crippen molar-refractivity contribution in [1.82, 2.24) is 9.78 Å². The van der Waals surface area contributed by atoms with E-state index in [1.165, 1.54) is 4.68 Å². The van der Waals surface area contributed by atoms with Gasteiger partial charge < -0.3 is 4.84 Å². The van der Waals surface area contributed by atoms with Crippen molar-refractivity contribution in [1.29, 1.82) is 0 Å². The lowest BCUT2D eigenvalue weighted by Crippen LogP contribution is -2.26. The quantitative estimate of drug-likeness (QED) is 0.644. The third kappa shape index (κ3) is 4.14. The van der Waals surface area contributed by atoms with Gasteiger partial charge in [0.2, 0.25) is 0 Å². The minimum Gasteiger partial charge on any atom is -0.387 e. The largest absolute Gasteiger partial charge is 0.435 e. The summed E-state index contributed by atoms with van der Waals surface area (Å²) in [6.45, 7) is 7.01. The van der Waals surface area contributed by atoms with Gasteiger partial charge in [-0.2, -0.15) is 18.3 Å². The van der Waals surface area contributed by atoms with Gasteiger partial charge in [0, 0.05) is 17.7 Å². The summed E-state index contributed by atoms with van der Waals surface area (Å²) >= 11 is 13.1. The Morgan fingerprint density at radius 2 is 1.96 bits per heavy atom. The topological polar surface area (TPSA) is 39.4 Å². The molecule has 2 heterocycles. The molecule has 0 aromatic carbocycles. The number of nitrogens with zero attached hydrogens (tertiary/aromatic N) is 3. The van der Waals surface area contributed by atoms with E-state index < -0.39 is 23.0 Å². The summed E-state index contributed by atoms with van der Waals surface area (Å²) < 4.78 is 41.1. The van der Waals surface area contributed by atoms with E-state index in [4.69, 9.17) is 28.0 Å². The molecule has 24 heavy (non-hydrogen) atoms. The highest BCUT2D eigenvalue weighted by Crippen LogP contribution is 2.39. The highest BCUT2D eigenvalue weighted by atomic mass is 35.5. The SMILES string of the molecule is CC1(CCl)CC(SCc2c(C(F)(F)F)nn(C(C)(C)C)c2Cl)=NO1. The Hall–Kier alpha value is -0.600. The first-order chi connectivity index (χ1) is 10.9. The lowest BCUT2D eigenvalue weighted by Gasteiger charge is -2.20. The molecule has 4 nitrogen and oxygen atoms in total. The van der Waals surface area contributed by atoms with Gasteiger partial charge in [-0.3, -0.25) is 0 Å². The van der Waals surface area contributed by atoms with Crippen molar-refractivity contribution in [3.8, 4) is 0 Å². The zero-order valence-corrected chi connectivity index (χ0v) is 16.0. The van der Waals surface area contributed by atoms with Crippen LogP contribution in [-0.2, 0) is 22.3 Å². The van der Waals surface area contributed by atoms with Gasteiger partial charge in [-0.1, -0.05) is 16.8 Å². The summed E-state index contributed by atoms with van der Waals surface area (Å²) in [4.78, 5) is 5.24. The molecule has 0 radical (unpaired) electrons. The fourth-order valence-electron chi connectivity index (χ4n) is 2.08. The average Bonchev–Trinajstić information content (AvgIpc) is 2.97. The fraction of sp³-hybridized carbons (Fsp3) is 0.714. The van der Waals surface area contributed by atoms with E-state index in [0.29, 0.717) is 11.5 Å². The predicted octanol–water partition coefficient (Wildman–Crippen LogP) is 5.27. The molecule has 0 fully saturated rings. The number of oxime groups is 1. The van der Waals surface area contributed by atoms with Crippen LogP contribution in [0.15, 0.2) is 5.16 Å². The highest BCUT2D eigenvalue weighted by Gasteiger charge is 2.41. The third-order valence-corrected chi connectivity index (χ3v) is 5.32. The molecule has 0 saturated heterocycles. The minimum atomic E-state index is -4.57. The van der Waals surface area contributed by atoms with Crippen molar-refractivity contribution < 1.29 is 18.0 Å². The Labute approximate surface area is 152 Å². The van der Waals surface area contributed by atoms with Crippen molar-refractivity contribution in [2.45, 2.75) is 57.2 Å². The van der Waals surface area contributed by atoms with Crippen LogP contribution in [0.25, 0.3) is 0 Å². The maximum Gasteiger partial charge on any atom is 0.435 e. The van der Waals surface area contributed by atoms with E-state index in [1.807, 2.05) is 0 Å². The average molecular weight is 404 g/mol. The van der Waals surface area contributed by atoms with Gasteiger partial charge in [0.25, 0.3) is 0 Å². The second kappa shape index (κ2) is 6.61. The second-order valence-electron chi connectivity index (χ2n) is 6.82. The number of alkyl halides is 4. The highest BCUT2D eigenvalue weighted by molar-refractivity contribution is 8.13. The van der Waals surface area contributed by atoms with Crippen LogP contribution in [0.2, 0.25) is 5.15 Å². The van der Waals surface area contributed by atoms with Crippen molar-refractivity contribution in [2.75, 3.05) is 5.88 Å². The molecule has 0 N–H and O–H groups in total. The maximum absolute atomic E-state index is 13.3. The normalized spacial score (nSPS) is 21.8. The summed E-state index contributed by atoms with van der Waals surface area (Å²) in [5.41, 5.74) is -2.29. The molecule has 1 aromatic rings. The molecule has 1 unspecified atom stereocenters. The third-order valence-electron chi connectivity index (χ3n) is 3.38. The summed E-state index contributed by atoms with van der Waals surface area (Å²) in [6, 6.07) is 0. The number of aromatic nitrogens is 2. The lowest BCUT2D eigenvalue weighted by atomic mass is 10.1. The predicted molar refractivity (Wildman–Crippen MR) is 90.8 cm³/mol. The molecular formula is C14H18Cl2F3N3OS. The second-order valence-corrected chi connectivity index (χ2v) is 8.50. The number of halogens is 5. The minimum absolute atomic E-state index is 0.00428. The molecule has 136 valence electrons. The van der Waals surface area contributed by atoms with E-state index >= 15 is 0 Å². The number of hydrogen-bond acceptors (Lipinski definition) is 4. The summed E-state index contributed by atoms with van der Waals surface area (Å²) in [6.07, 6.45) is -4.12. The van der Waals surface area contributed by atoms with E-state index in [0.717, 1.165) is 11.8 Å². The van der Waals surface area contributed by atoms with Gasteiger partial charge in [0.15, 0.2) is 11.3 Å². The van der Waals surface area contributed by atoms with Crippen molar-refractivity contribution in [3.63, 3.8) is 0 Å². The molecule has 1 atom stereocenters. The van der Waals surface area contributed by atoms with Gasteiger partial charge >= 0.3 is 6.18 Å². The monoisotopic (exact) mass is 403 g/mol. The van der Waals surface area contributed by atoms with Crippen molar-refractivity contribution >= 4 is 40.0 Å². The van der Waals surface area contributed by atoms with E-state index in [-0.39, 0.29) is 22.3 Å². The maximum atomic E-state index is 13.3. The van der Waals surface area contributed by atoms with Gasteiger partial charge in [-0.15, -0.1) is 23.4 Å². The Kier molecular flexibility index (Phi) is 5.43. The first-order valence-corrected chi connectivity index (χ1v) is 9.06. The first kappa shape index (κ1) is 19.7. The summed E-state index contributed by atoms with van der Waals surface area (Å²) in [5.74, 6) is 0.251. The molecule has 0 aliphatic carbocycles. The van der Waals surface area contributed by atoms with Crippen LogP contribution in [0.4, 0.5) is 13.2 Å². The van der Waals surface area contributed by atoms with E-state index in [9.17, 15) is 13.2 Å². The van der Waals surface area contributed by atoms with Crippen LogP contribution >= 0.6 is 35.0 Å². The molecule has 0 saturated carbocycles. The number of rotatable bonds is 3. The molecule has 1 aliphatic heterocycles. The van der Waals surface area contributed by atoms with Crippen LogP contribution < -0.4 is 0 Å². The van der Waals surface area contributed by atoms with Gasteiger partial charge in [-0.25, -0.2) is 4.68 Å². The first-order valence-electron chi connectivity index (χ1n) is 7.16. The standard InChI is InChI=1S/C14H18Cl2F3N3OS/c1-12(2,3)22-11(16)8(10(20-22)14(17,18)19)6-24-9-5-13(4,7-15)23-21-9/h5-7H2,1-4H3. The zero-order valence-electron chi connectivity index (χ0n) is 13.7. The number of hydrogen-bond donors (Lipinski definition) is 0. The van der Waals surface area contributed by atoms with Crippen LogP contribution in [0.5, 0.6) is 0 Å². The molecule has 0 spiro atoms. The van der Waals surface area contributed by atoms with Crippen molar-refractivity contribution in [2.24, 2.45) is 5.16 Å². The van der Waals surface area contributed by atoms with Gasteiger partial charge in [-0.05, 0) is 27.7 Å². The summed E-state index contributed by atoms with van der Waals surface area (Å²) in [7, 11) is 0. The number of thioether (sulfide) groups is 1. The lowest BCUT2D eigenvalue weighted by molar-refractivity contribution is -0.142. The molecule has 0 amide bonds. The van der Waals surface area contributed by atoms with Crippen LogP contribution in [0, 0.1) is 0 Å². The summed E-state index contributed by atoms with van der Waals surface area (Å²) in [5, 5.41) is 8.17. The Morgan fingerprint density at radius 1 is 1.33 bits per heavy atom. The molecule has 2 rings (SSSR count). The van der Waals surface area contributed by atoms with E-state index in [2.05, 4.69) is 10.3 Å². The smallest absolute Gasteiger partial charge is 0.387 e. The van der Waals surface area contributed by atoms with Crippen LogP contribution in [0.3, 0.4) is 0 Å². The molecule has 1 aliphatic rings. The Balaban J connectivity index is 2.25. The fourth-order valence-corrected chi connectivity index (χ4v) is 3.83.